The largest absolute Gasteiger partial charge is 0.458 e. The summed E-state index contributed by atoms with van der Waals surface area (Å²) < 4.78 is 26.5. The number of ether oxygens (including phenoxy) is 2. The minimum absolute atomic E-state index is 0.0159. The van der Waals surface area contributed by atoms with Crippen molar-refractivity contribution in [1.29, 1.82) is 0 Å². The van der Waals surface area contributed by atoms with Gasteiger partial charge in [-0.3, -0.25) is 0 Å². The molecule has 0 radical (unpaired) electrons. The van der Waals surface area contributed by atoms with Gasteiger partial charge >= 0.3 is 5.97 Å². The van der Waals surface area contributed by atoms with Crippen LogP contribution in [-0.2, 0) is 23.1 Å². The lowest BCUT2D eigenvalue weighted by molar-refractivity contribution is -0.166. The van der Waals surface area contributed by atoms with Crippen molar-refractivity contribution in [1.82, 2.24) is 0 Å². The molecule has 0 aromatic heterocycles. The van der Waals surface area contributed by atoms with E-state index in [9.17, 15) is 4.79 Å². The minimum Gasteiger partial charge on any atom is -0.458 e. The first-order valence-electron chi connectivity index (χ1n) is 20.5. The number of esters is 1. The zero-order valence-corrected chi connectivity index (χ0v) is 37.2. The second-order valence-electron chi connectivity index (χ2n) is 20.1. The Bertz CT molecular complexity index is 1330. The Morgan fingerprint density at radius 3 is 2.10 bits per heavy atom. The van der Waals surface area contributed by atoms with Gasteiger partial charge in [-0.15, -0.1) is 0 Å². The molecule has 0 aliphatic heterocycles. The zero-order valence-electron chi connectivity index (χ0n) is 35.2. The molecule has 0 aromatic carbocycles. The quantitative estimate of drug-likeness (QED) is 0.127. The molecule has 290 valence electrons. The average Bonchev–Trinajstić information content (AvgIpc) is 3.35. The average molecular weight is 741 g/mol. The molecule has 3 saturated carbocycles. The zero-order chi connectivity index (χ0) is 38.0. The molecule has 4 rings (SSSR count). The number of carbonyl (C=O) groups excluding carboxylic acids is 1. The predicted octanol–water partition coefficient (Wildman–Crippen LogP) is 12.6. The molecule has 0 amide bonds. The van der Waals surface area contributed by atoms with Gasteiger partial charge in [0, 0.05) is 6.42 Å². The summed E-state index contributed by atoms with van der Waals surface area (Å²) in [6, 6.07) is 0. The van der Waals surface area contributed by atoms with Crippen LogP contribution in [0.3, 0.4) is 0 Å². The standard InChI is InChI=1S/C44H76O5Si2/c1-32-35(29-36(48-50(11,12)41(3,4)5)30-39(32)49-51(13,14)42(6,7)8)23-22-34-21-20-28-44(10)37(24-25-38(34)44)33(2)46-31-40(45)47-43(9)26-18-16-15-17-19-27-43/h22-24,33,36,38-39H,1,15-21,25-31H2,2-14H3/t33-,36+,38-,39-,44+/m0/s1. The Kier molecular flexibility index (Phi) is 13.5. The Labute approximate surface area is 315 Å². The highest BCUT2D eigenvalue weighted by atomic mass is 28.4. The van der Waals surface area contributed by atoms with Gasteiger partial charge in [-0.1, -0.05) is 98.1 Å². The van der Waals surface area contributed by atoms with E-state index in [2.05, 4.69) is 113 Å². The minimum atomic E-state index is -2.02. The Balaban J connectivity index is 1.48. The van der Waals surface area contributed by atoms with Crippen molar-refractivity contribution in [3.63, 3.8) is 0 Å². The molecule has 0 unspecified atom stereocenters. The number of allylic oxidation sites excluding steroid dienone is 4. The first-order chi connectivity index (χ1) is 23.5. The maximum absolute atomic E-state index is 13.0. The number of fused-ring (bicyclic) bond motifs is 1. The molecule has 7 heteroatoms. The van der Waals surface area contributed by atoms with Crippen LogP contribution in [0.4, 0.5) is 0 Å². The number of carbonyl (C=O) groups is 1. The molecule has 0 saturated heterocycles. The van der Waals surface area contributed by atoms with E-state index in [1.165, 1.54) is 36.0 Å². The van der Waals surface area contributed by atoms with Crippen LogP contribution in [0.1, 0.15) is 146 Å². The summed E-state index contributed by atoms with van der Waals surface area (Å²) in [6.07, 6.45) is 21.3. The van der Waals surface area contributed by atoms with Gasteiger partial charge in [0.25, 0.3) is 0 Å². The molecule has 0 N–H and O–H groups in total. The van der Waals surface area contributed by atoms with Crippen molar-refractivity contribution in [2.24, 2.45) is 11.3 Å². The van der Waals surface area contributed by atoms with E-state index >= 15 is 0 Å². The maximum atomic E-state index is 13.0. The Hall–Kier alpha value is -1.26. The summed E-state index contributed by atoms with van der Waals surface area (Å²) in [5.41, 5.74) is 4.97. The molecule has 51 heavy (non-hydrogen) atoms. The fourth-order valence-corrected chi connectivity index (χ4v) is 11.3. The predicted molar refractivity (Wildman–Crippen MR) is 219 cm³/mol. The topological polar surface area (TPSA) is 54.0 Å². The van der Waals surface area contributed by atoms with E-state index in [0.717, 1.165) is 69.8 Å². The van der Waals surface area contributed by atoms with Crippen molar-refractivity contribution in [2.45, 2.75) is 206 Å². The van der Waals surface area contributed by atoms with Crippen molar-refractivity contribution in [3.05, 3.63) is 47.1 Å². The third kappa shape index (κ3) is 10.3. The first-order valence-corrected chi connectivity index (χ1v) is 26.3. The highest BCUT2D eigenvalue weighted by Crippen LogP contribution is 2.56. The van der Waals surface area contributed by atoms with Crippen LogP contribution in [0, 0.1) is 11.3 Å². The molecule has 0 bridgehead atoms. The summed E-state index contributed by atoms with van der Waals surface area (Å²) in [6.45, 7) is 34.7. The monoisotopic (exact) mass is 741 g/mol. The van der Waals surface area contributed by atoms with Gasteiger partial charge in [0.05, 0.1) is 18.3 Å². The van der Waals surface area contributed by atoms with E-state index in [4.69, 9.17) is 18.3 Å². The van der Waals surface area contributed by atoms with Gasteiger partial charge in [-0.2, -0.15) is 0 Å². The van der Waals surface area contributed by atoms with Crippen LogP contribution in [0.2, 0.25) is 36.3 Å². The summed E-state index contributed by atoms with van der Waals surface area (Å²) in [4.78, 5) is 13.0. The lowest BCUT2D eigenvalue weighted by Gasteiger charge is -2.45. The second kappa shape index (κ2) is 16.2. The summed E-state index contributed by atoms with van der Waals surface area (Å²) >= 11 is 0. The van der Waals surface area contributed by atoms with Crippen molar-refractivity contribution in [3.8, 4) is 0 Å². The number of rotatable bonds is 10. The van der Waals surface area contributed by atoms with Crippen molar-refractivity contribution >= 4 is 22.6 Å². The van der Waals surface area contributed by atoms with Crippen LogP contribution >= 0.6 is 0 Å². The first kappa shape index (κ1) is 42.5. The molecule has 0 aromatic rings. The van der Waals surface area contributed by atoms with Crippen LogP contribution in [0.5, 0.6) is 0 Å². The van der Waals surface area contributed by atoms with E-state index < -0.39 is 16.6 Å². The molecular formula is C44H76O5Si2. The van der Waals surface area contributed by atoms with Crippen molar-refractivity contribution < 1.29 is 23.1 Å². The number of hydrogen-bond donors (Lipinski definition) is 0. The fraction of sp³-hybridized carbons (Fsp3) is 0.795. The normalized spacial score (nSPS) is 30.4. The van der Waals surface area contributed by atoms with Crippen LogP contribution in [0.25, 0.3) is 0 Å². The van der Waals surface area contributed by atoms with E-state index in [-0.39, 0.29) is 52.0 Å². The van der Waals surface area contributed by atoms with Gasteiger partial charge in [0.1, 0.15) is 12.2 Å². The third-order valence-electron chi connectivity index (χ3n) is 14.0. The van der Waals surface area contributed by atoms with Gasteiger partial charge in [-0.05, 0) is 136 Å². The molecule has 4 aliphatic rings. The highest BCUT2D eigenvalue weighted by molar-refractivity contribution is 6.74. The van der Waals surface area contributed by atoms with Crippen LogP contribution < -0.4 is 0 Å². The molecule has 3 fully saturated rings. The SMILES string of the molecule is C=C1C(=CC=C2CCC[C@]3(C)C([C@H](C)OCC(=O)OC4(C)CCCCCCC4)=CC[C@@H]23)C[C@@H](O[Si](C)(C)C(C)(C)C)C[C@@H]1O[Si](C)(C)C(C)(C)C. The maximum Gasteiger partial charge on any atom is 0.332 e. The van der Waals surface area contributed by atoms with E-state index in [0.29, 0.717) is 5.92 Å². The van der Waals surface area contributed by atoms with Gasteiger partial charge in [0.2, 0.25) is 0 Å². The molecule has 4 aliphatic carbocycles. The van der Waals surface area contributed by atoms with E-state index in [1.54, 1.807) is 0 Å². The lowest BCUT2D eigenvalue weighted by atomic mass is 9.63. The molecule has 0 spiro atoms. The third-order valence-corrected chi connectivity index (χ3v) is 23.0. The smallest absolute Gasteiger partial charge is 0.332 e. The summed E-state index contributed by atoms with van der Waals surface area (Å²) in [7, 11) is -3.99. The Morgan fingerprint density at radius 1 is 0.902 bits per heavy atom. The Morgan fingerprint density at radius 2 is 1.49 bits per heavy atom. The van der Waals surface area contributed by atoms with Gasteiger partial charge in [-0.25, -0.2) is 4.79 Å². The van der Waals surface area contributed by atoms with Crippen LogP contribution in [0.15, 0.2) is 47.1 Å². The molecule has 0 heterocycles. The lowest BCUT2D eigenvalue weighted by Crippen LogP contribution is -2.49. The van der Waals surface area contributed by atoms with Crippen molar-refractivity contribution in [2.75, 3.05) is 6.61 Å². The van der Waals surface area contributed by atoms with Crippen LogP contribution in [-0.4, -0.2) is 53.1 Å². The summed E-state index contributed by atoms with van der Waals surface area (Å²) in [5, 5.41) is 0.274. The second-order valence-corrected chi connectivity index (χ2v) is 29.6. The highest BCUT2D eigenvalue weighted by Gasteiger charge is 2.47. The van der Waals surface area contributed by atoms with E-state index in [1.807, 2.05) is 0 Å². The summed E-state index contributed by atoms with van der Waals surface area (Å²) in [5.74, 6) is 0.223. The fourth-order valence-electron chi connectivity index (χ4n) is 8.59. The molecular weight excluding hydrogens is 665 g/mol. The van der Waals surface area contributed by atoms with Gasteiger partial charge < -0.3 is 18.3 Å². The molecule has 5 nitrogen and oxygen atoms in total. The molecule has 5 atom stereocenters. The van der Waals surface area contributed by atoms with Gasteiger partial charge in [0.15, 0.2) is 16.6 Å². The number of hydrogen-bond acceptors (Lipinski definition) is 5.